The number of para-hydroxylation sites is 1. The maximum absolute atomic E-state index is 5.67. The van der Waals surface area contributed by atoms with Crippen molar-refractivity contribution in [1.82, 2.24) is 0 Å². The molecule has 0 spiro atoms. The molecule has 0 radical (unpaired) electrons. The molecule has 0 aliphatic heterocycles. The molecular weight excluding hydrogens is 196 g/mol. The van der Waals surface area contributed by atoms with Gasteiger partial charge in [0.1, 0.15) is 5.58 Å². The highest BCUT2D eigenvalue weighted by Gasteiger charge is 2.53. The molecule has 1 heteroatoms. The number of rotatable bonds is 3. The molecular formula is C15H18O. The third-order valence-corrected chi connectivity index (χ3v) is 4.37. The molecule has 0 saturated heterocycles. The summed E-state index contributed by atoms with van der Waals surface area (Å²) in [6, 6.07) is 8.40. The summed E-state index contributed by atoms with van der Waals surface area (Å²) in [6.45, 7) is 4.60. The first-order chi connectivity index (χ1) is 7.81. The van der Waals surface area contributed by atoms with Crippen molar-refractivity contribution in [3.05, 3.63) is 36.1 Å². The first-order valence-corrected chi connectivity index (χ1v) is 6.28. The Balaban J connectivity index is 2.13. The van der Waals surface area contributed by atoms with Crippen LogP contribution in [0, 0.1) is 5.92 Å². The molecule has 1 aromatic heterocycles. The highest BCUT2D eigenvalue weighted by molar-refractivity contribution is 5.82. The van der Waals surface area contributed by atoms with Crippen molar-refractivity contribution in [1.29, 1.82) is 0 Å². The number of benzene rings is 1. The van der Waals surface area contributed by atoms with E-state index in [0.717, 1.165) is 11.5 Å². The van der Waals surface area contributed by atoms with Gasteiger partial charge in [0.2, 0.25) is 0 Å². The quantitative estimate of drug-likeness (QED) is 0.732. The Morgan fingerprint density at radius 1 is 1.31 bits per heavy atom. The zero-order valence-electron chi connectivity index (χ0n) is 9.99. The average Bonchev–Trinajstić information content (AvgIpc) is 2.91. The number of hydrogen-bond donors (Lipinski definition) is 0. The second-order valence-corrected chi connectivity index (χ2v) is 4.96. The third-order valence-electron chi connectivity index (χ3n) is 4.37. The predicted octanol–water partition coefficient (Wildman–Crippen LogP) is 4.51. The average molecular weight is 214 g/mol. The minimum atomic E-state index is 0.418. The van der Waals surface area contributed by atoms with E-state index >= 15 is 0 Å². The summed E-state index contributed by atoms with van der Waals surface area (Å²) in [5.74, 6) is 0.860. The summed E-state index contributed by atoms with van der Waals surface area (Å²) in [5.41, 5.74) is 2.89. The monoisotopic (exact) mass is 214 g/mol. The Hall–Kier alpha value is -1.24. The van der Waals surface area contributed by atoms with Gasteiger partial charge in [-0.05, 0) is 24.8 Å². The zero-order chi connectivity index (χ0) is 11.2. The normalized spacial score (nSPS) is 28.5. The molecule has 1 aliphatic carbocycles. The molecule has 0 bridgehead atoms. The molecule has 1 aliphatic rings. The van der Waals surface area contributed by atoms with E-state index in [1.807, 2.05) is 12.3 Å². The number of hydrogen-bond acceptors (Lipinski definition) is 1. The van der Waals surface area contributed by atoms with E-state index in [1.165, 1.54) is 30.2 Å². The smallest absolute Gasteiger partial charge is 0.134 e. The maximum Gasteiger partial charge on any atom is 0.134 e. The fourth-order valence-corrected chi connectivity index (χ4v) is 3.23. The van der Waals surface area contributed by atoms with E-state index in [1.54, 1.807) is 0 Å². The van der Waals surface area contributed by atoms with Gasteiger partial charge in [-0.1, -0.05) is 38.5 Å². The maximum atomic E-state index is 5.67. The summed E-state index contributed by atoms with van der Waals surface area (Å²) in [5, 5.41) is 1.32. The van der Waals surface area contributed by atoms with Crippen LogP contribution in [0.15, 0.2) is 34.9 Å². The molecule has 1 fully saturated rings. The molecule has 1 nitrogen and oxygen atoms in total. The van der Waals surface area contributed by atoms with E-state index < -0.39 is 0 Å². The van der Waals surface area contributed by atoms with Gasteiger partial charge in [-0.2, -0.15) is 0 Å². The van der Waals surface area contributed by atoms with Gasteiger partial charge in [0.25, 0.3) is 0 Å². The van der Waals surface area contributed by atoms with Crippen molar-refractivity contribution in [2.45, 2.75) is 38.5 Å². The predicted molar refractivity (Wildman–Crippen MR) is 66.6 cm³/mol. The van der Waals surface area contributed by atoms with Crippen molar-refractivity contribution in [3.8, 4) is 0 Å². The molecule has 84 valence electrons. The number of furan rings is 1. The van der Waals surface area contributed by atoms with Crippen LogP contribution in [0.1, 0.15) is 38.7 Å². The second-order valence-electron chi connectivity index (χ2n) is 4.96. The van der Waals surface area contributed by atoms with Gasteiger partial charge in [0.05, 0.1) is 6.26 Å². The Labute approximate surface area is 96.5 Å². The molecule has 2 aromatic rings. The lowest BCUT2D eigenvalue weighted by Crippen LogP contribution is -2.07. The SMILES string of the molecule is CCC1CC1(CC)c1coc2ccccc12. The molecule has 3 rings (SSSR count). The number of fused-ring (bicyclic) bond motifs is 1. The molecule has 16 heavy (non-hydrogen) atoms. The molecule has 2 atom stereocenters. The highest BCUT2D eigenvalue weighted by atomic mass is 16.3. The lowest BCUT2D eigenvalue weighted by molar-refractivity contribution is 0.550. The molecule has 2 unspecified atom stereocenters. The summed E-state index contributed by atoms with van der Waals surface area (Å²) in [6.07, 6.45) is 5.84. The van der Waals surface area contributed by atoms with E-state index in [-0.39, 0.29) is 0 Å². The van der Waals surface area contributed by atoms with Gasteiger partial charge >= 0.3 is 0 Å². The van der Waals surface area contributed by atoms with Crippen molar-refractivity contribution in [3.63, 3.8) is 0 Å². The van der Waals surface area contributed by atoms with Crippen LogP contribution in [0.25, 0.3) is 11.0 Å². The molecule has 1 saturated carbocycles. The van der Waals surface area contributed by atoms with Gasteiger partial charge in [-0.3, -0.25) is 0 Å². The third kappa shape index (κ3) is 1.17. The van der Waals surface area contributed by atoms with Crippen molar-refractivity contribution < 1.29 is 4.42 Å². The van der Waals surface area contributed by atoms with Crippen molar-refractivity contribution in [2.75, 3.05) is 0 Å². The van der Waals surface area contributed by atoms with Crippen molar-refractivity contribution in [2.24, 2.45) is 5.92 Å². The minimum absolute atomic E-state index is 0.418. The summed E-state index contributed by atoms with van der Waals surface area (Å²) < 4.78 is 5.67. The first kappa shape index (κ1) is 9.95. The Kier molecular flexibility index (Phi) is 2.10. The van der Waals surface area contributed by atoms with Crippen LogP contribution >= 0.6 is 0 Å². The standard InChI is InChI=1S/C15H18O/c1-3-11-9-15(11,4-2)13-10-16-14-8-6-5-7-12(13)14/h5-8,10-11H,3-4,9H2,1-2H3. The van der Waals surface area contributed by atoms with Gasteiger partial charge in [-0.15, -0.1) is 0 Å². The summed E-state index contributed by atoms with van der Waals surface area (Å²) >= 11 is 0. The van der Waals surface area contributed by atoms with Gasteiger partial charge in [0.15, 0.2) is 0 Å². The first-order valence-electron chi connectivity index (χ1n) is 6.28. The van der Waals surface area contributed by atoms with Crippen LogP contribution in [0.3, 0.4) is 0 Å². The summed E-state index contributed by atoms with van der Waals surface area (Å²) in [7, 11) is 0. The molecule has 1 heterocycles. The van der Waals surface area contributed by atoms with Crippen LogP contribution in [0.2, 0.25) is 0 Å². The minimum Gasteiger partial charge on any atom is -0.464 e. The summed E-state index contributed by atoms with van der Waals surface area (Å²) in [4.78, 5) is 0. The zero-order valence-corrected chi connectivity index (χ0v) is 9.99. The Bertz CT molecular complexity index is 511. The van der Waals surface area contributed by atoms with Gasteiger partial charge < -0.3 is 4.42 Å². The van der Waals surface area contributed by atoms with E-state index in [4.69, 9.17) is 4.42 Å². The van der Waals surface area contributed by atoms with Crippen LogP contribution in [0.5, 0.6) is 0 Å². The van der Waals surface area contributed by atoms with Crippen LogP contribution in [-0.2, 0) is 5.41 Å². The van der Waals surface area contributed by atoms with Crippen LogP contribution < -0.4 is 0 Å². The molecule has 0 amide bonds. The van der Waals surface area contributed by atoms with E-state index in [9.17, 15) is 0 Å². The topological polar surface area (TPSA) is 13.1 Å². The van der Waals surface area contributed by atoms with E-state index in [2.05, 4.69) is 32.0 Å². The molecule has 0 N–H and O–H groups in total. The van der Waals surface area contributed by atoms with Crippen molar-refractivity contribution >= 4 is 11.0 Å². The fourth-order valence-electron chi connectivity index (χ4n) is 3.23. The lowest BCUT2D eigenvalue weighted by Gasteiger charge is -2.13. The van der Waals surface area contributed by atoms with Crippen LogP contribution in [-0.4, -0.2) is 0 Å². The van der Waals surface area contributed by atoms with Crippen LogP contribution in [0.4, 0.5) is 0 Å². The molecule has 1 aromatic carbocycles. The van der Waals surface area contributed by atoms with Gasteiger partial charge in [-0.25, -0.2) is 0 Å². The second kappa shape index (κ2) is 3.38. The van der Waals surface area contributed by atoms with Gasteiger partial charge in [0, 0.05) is 16.4 Å². The highest BCUT2D eigenvalue weighted by Crippen LogP contribution is 2.59. The largest absolute Gasteiger partial charge is 0.464 e. The Morgan fingerprint density at radius 3 is 2.81 bits per heavy atom. The van der Waals surface area contributed by atoms with E-state index in [0.29, 0.717) is 5.41 Å². The fraction of sp³-hybridized carbons (Fsp3) is 0.467. The Morgan fingerprint density at radius 2 is 2.12 bits per heavy atom. The lowest BCUT2D eigenvalue weighted by atomic mass is 9.89.